The monoisotopic (exact) mass is 327 g/mol. The Morgan fingerprint density at radius 3 is 2.33 bits per heavy atom. The van der Waals surface area contributed by atoms with E-state index in [1.807, 2.05) is 49.4 Å². The summed E-state index contributed by atoms with van der Waals surface area (Å²) in [6, 6.07) is 15.1. The van der Waals surface area contributed by atoms with Crippen LogP contribution in [-0.4, -0.2) is 19.1 Å². The highest BCUT2D eigenvalue weighted by Gasteiger charge is 2.13. The van der Waals surface area contributed by atoms with Gasteiger partial charge in [0, 0.05) is 11.8 Å². The molecule has 0 fully saturated rings. The molecule has 24 heavy (non-hydrogen) atoms. The molecule has 1 N–H and O–H groups in total. The van der Waals surface area contributed by atoms with Crippen molar-refractivity contribution in [1.82, 2.24) is 0 Å². The van der Waals surface area contributed by atoms with Gasteiger partial charge in [0.1, 0.15) is 11.5 Å². The fourth-order valence-corrected chi connectivity index (χ4v) is 2.23. The second-order valence-electron chi connectivity index (χ2n) is 6.57. The highest BCUT2D eigenvalue weighted by atomic mass is 16.5. The molecular weight excluding hydrogens is 302 g/mol. The van der Waals surface area contributed by atoms with Crippen molar-refractivity contribution in [3.63, 3.8) is 0 Å². The van der Waals surface area contributed by atoms with Gasteiger partial charge in [-0.05, 0) is 42.2 Å². The average Bonchev–Trinajstić information content (AvgIpc) is 2.53. The molecular formula is C20H25NO3. The van der Waals surface area contributed by atoms with E-state index in [4.69, 9.17) is 9.47 Å². The van der Waals surface area contributed by atoms with Crippen LogP contribution in [0.25, 0.3) is 0 Å². The van der Waals surface area contributed by atoms with Crippen LogP contribution in [0.1, 0.15) is 33.3 Å². The van der Waals surface area contributed by atoms with Crippen molar-refractivity contribution in [2.45, 2.75) is 33.1 Å². The molecule has 0 radical (unpaired) electrons. The van der Waals surface area contributed by atoms with Crippen molar-refractivity contribution in [3.8, 4) is 11.5 Å². The third-order valence-electron chi connectivity index (χ3n) is 3.52. The Balaban J connectivity index is 1.88. The van der Waals surface area contributed by atoms with E-state index in [9.17, 15) is 4.79 Å². The van der Waals surface area contributed by atoms with Gasteiger partial charge in [0.15, 0.2) is 6.61 Å². The van der Waals surface area contributed by atoms with Gasteiger partial charge in [0.2, 0.25) is 0 Å². The maximum absolute atomic E-state index is 12.0. The summed E-state index contributed by atoms with van der Waals surface area (Å²) in [5.41, 5.74) is 2.02. The minimum atomic E-state index is -0.205. The lowest BCUT2D eigenvalue weighted by Crippen LogP contribution is -2.20. The van der Waals surface area contributed by atoms with E-state index >= 15 is 0 Å². The summed E-state index contributed by atoms with van der Waals surface area (Å²) < 4.78 is 11.0. The van der Waals surface area contributed by atoms with E-state index in [0.717, 1.165) is 5.75 Å². The number of amides is 1. The molecule has 0 aliphatic rings. The number of nitrogens with one attached hydrogen (secondary N) is 1. The summed E-state index contributed by atoms with van der Waals surface area (Å²) >= 11 is 0. The molecule has 0 bridgehead atoms. The van der Waals surface area contributed by atoms with Crippen LogP contribution in [0.5, 0.6) is 11.5 Å². The molecule has 0 aromatic heterocycles. The van der Waals surface area contributed by atoms with E-state index in [0.29, 0.717) is 18.0 Å². The van der Waals surface area contributed by atoms with Gasteiger partial charge in [0.25, 0.3) is 5.91 Å². The third kappa shape index (κ3) is 5.30. The van der Waals surface area contributed by atoms with Gasteiger partial charge in [-0.3, -0.25) is 4.79 Å². The largest absolute Gasteiger partial charge is 0.494 e. The van der Waals surface area contributed by atoms with Crippen LogP contribution in [0.15, 0.2) is 48.5 Å². The van der Waals surface area contributed by atoms with Crippen LogP contribution in [0.2, 0.25) is 0 Å². The molecule has 1 amide bonds. The standard InChI is InChI=1S/C20H25NO3/c1-5-23-18-8-6-7-16(13-18)21-19(22)14-24-17-11-9-15(10-12-17)20(2,3)4/h6-13H,5,14H2,1-4H3,(H,21,22). The predicted octanol–water partition coefficient (Wildman–Crippen LogP) is 4.40. The molecule has 2 rings (SSSR count). The van der Waals surface area contributed by atoms with Gasteiger partial charge in [-0.2, -0.15) is 0 Å². The zero-order valence-corrected chi connectivity index (χ0v) is 14.8. The Kier molecular flexibility index (Phi) is 5.85. The highest BCUT2D eigenvalue weighted by molar-refractivity contribution is 5.92. The fourth-order valence-electron chi connectivity index (χ4n) is 2.23. The first-order chi connectivity index (χ1) is 11.4. The van der Waals surface area contributed by atoms with Crippen LogP contribution >= 0.6 is 0 Å². The SMILES string of the molecule is CCOc1cccc(NC(=O)COc2ccc(C(C)(C)C)cc2)c1. The molecule has 0 unspecified atom stereocenters. The van der Waals surface area contributed by atoms with Gasteiger partial charge in [0.05, 0.1) is 6.61 Å². The Hall–Kier alpha value is -2.49. The molecule has 4 heteroatoms. The van der Waals surface area contributed by atoms with Crippen molar-refractivity contribution in [1.29, 1.82) is 0 Å². The predicted molar refractivity (Wildman–Crippen MR) is 96.9 cm³/mol. The number of anilines is 1. The van der Waals surface area contributed by atoms with Crippen LogP contribution in [0.4, 0.5) is 5.69 Å². The Bertz CT molecular complexity index is 672. The number of hydrogen-bond acceptors (Lipinski definition) is 3. The minimum Gasteiger partial charge on any atom is -0.494 e. The number of benzene rings is 2. The summed E-state index contributed by atoms with van der Waals surface area (Å²) in [6.45, 7) is 8.95. The van der Waals surface area contributed by atoms with Gasteiger partial charge in [-0.15, -0.1) is 0 Å². The average molecular weight is 327 g/mol. The number of carbonyl (C=O) groups excluding carboxylic acids is 1. The van der Waals surface area contributed by atoms with Crippen LogP contribution < -0.4 is 14.8 Å². The smallest absolute Gasteiger partial charge is 0.262 e. The van der Waals surface area contributed by atoms with E-state index in [2.05, 4.69) is 26.1 Å². The summed E-state index contributed by atoms with van der Waals surface area (Å²) in [5, 5.41) is 2.80. The number of rotatable bonds is 6. The summed E-state index contributed by atoms with van der Waals surface area (Å²) in [4.78, 5) is 12.0. The molecule has 2 aromatic rings. The fraction of sp³-hybridized carbons (Fsp3) is 0.350. The second-order valence-corrected chi connectivity index (χ2v) is 6.57. The molecule has 0 aliphatic heterocycles. The first kappa shape index (κ1) is 17.9. The molecule has 0 heterocycles. The van der Waals surface area contributed by atoms with Crippen LogP contribution in [-0.2, 0) is 10.2 Å². The normalized spacial score (nSPS) is 11.0. The Morgan fingerprint density at radius 2 is 1.71 bits per heavy atom. The van der Waals surface area contributed by atoms with Crippen molar-refractivity contribution >= 4 is 11.6 Å². The van der Waals surface area contributed by atoms with Crippen LogP contribution in [0, 0.1) is 0 Å². The molecule has 0 saturated heterocycles. The lowest BCUT2D eigenvalue weighted by molar-refractivity contribution is -0.118. The van der Waals surface area contributed by atoms with Gasteiger partial charge in [-0.25, -0.2) is 0 Å². The first-order valence-electron chi connectivity index (χ1n) is 8.14. The van der Waals surface area contributed by atoms with E-state index < -0.39 is 0 Å². The maximum atomic E-state index is 12.0. The van der Waals surface area contributed by atoms with Crippen molar-refractivity contribution in [3.05, 3.63) is 54.1 Å². The summed E-state index contributed by atoms with van der Waals surface area (Å²) in [5.74, 6) is 1.21. The number of hydrogen-bond donors (Lipinski definition) is 1. The van der Waals surface area contributed by atoms with E-state index in [1.54, 1.807) is 6.07 Å². The molecule has 0 spiro atoms. The summed E-state index contributed by atoms with van der Waals surface area (Å²) in [6.07, 6.45) is 0. The summed E-state index contributed by atoms with van der Waals surface area (Å²) in [7, 11) is 0. The maximum Gasteiger partial charge on any atom is 0.262 e. The topological polar surface area (TPSA) is 47.6 Å². The zero-order chi connectivity index (χ0) is 17.6. The molecule has 0 saturated carbocycles. The molecule has 4 nitrogen and oxygen atoms in total. The molecule has 2 aromatic carbocycles. The van der Waals surface area contributed by atoms with Crippen molar-refractivity contribution < 1.29 is 14.3 Å². The van der Waals surface area contributed by atoms with Gasteiger partial charge >= 0.3 is 0 Å². The zero-order valence-electron chi connectivity index (χ0n) is 14.8. The minimum absolute atomic E-state index is 0.0340. The molecule has 128 valence electrons. The number of ether oxygens (including phenoxy) is 2. The number of carbonyl (C=O) groups is 1. The van der Waals surface area contributed by atoms with Crippen LogP contribution in [0.3, 0.4) is 0 Å². The lowest BCUT2D eigenvalue weighted by Gasteiger charge is -2.19. The molecule has 0 aliphatic carbocycles. The Morgan fingerprint density at radius 1 is 1.00 bits per heavy atom. The lowest BCUT2D eigenvalue weighted by atomic mass is 9.87. The first-order valence-corrected chi connectivity index (χ1v) is 8.14. The quantitative estimate of drug-likeness (QED) is 0.855. The molecule has 0 atom stereocenters. The van der Waals surface area contributed by atoms with Crippen molar-refractivity contribution in [2.24, 2.45) is 0 Å². The van der Waals surface area contributed by atoms with Gasteiger partial charge in [-0.1, -0.05) is 39.0 Å². The third-order valence-corrected chi connectivity index (χ3v) is 3.52. The Labute approximate surface area is 143 Å². The van der Waals surface area contributed by atoms with Gasteiger partial charge < -0.3 is 14.8 Å². The van der Waals surface area contributed by atoms with Crippen molar-refractivity contribution in [2.75, 3.05) is 18.5 Å². The highest BCUT2D eigenvalue weighted by Crippen LogP contribution is 2.24. The van der Waals surface area contributed by atoms with E-state index in [-0.39, 0.29) is 17.9 Å². The van der Waals surface area contributed by atoms with E-state index in [1.165, 1.54) is 5.56 Å². The second kappa shape index (κ2) is 7.86.